The summed E-state index contributed by atoms with van der Waals surface area (Å²) in [4.78, 5) is 8.71. The van der Waals surface area contributed by atoms with Gasteiger partial charge in [0.15, 0.2) is 0 Å². The van der Waals surface area contributed by atoms with Crippen LogP contribution in [0.3, 0.4) is 0 Å². The number of anilines is 4. The summed E-state index contributed by atoms with van der Waals surface area (Å²) in [5, 5.41) is 7.26. The van der Waals surface area contributed by atoms with Crippen molar-refractivity contribution in [3.63, 3.8) is 0 Å². The lowest BCUT2D eigenvalue weighted by atomic mass is 10.3. The molecule has 1 aromatic heterocycles. The van der Waals surface area contributed by atoms with Crippen molar-refractivity contribution in [3.8, 4) is 0 Å². The number of aromatic nitrogens is 2. The first kappa shape index (κ1) is 16.5. The first-order valence-corrected chi connectivity index (χ1v) is 7.85. The topological polar surface area (TPSA) is 49.8 Å². The molecular formula is C17H13Cl2FN4. The van der Waals surface area contributed by atoms with Crippen LogP contribution < -0.4 is 10.6 Å². The lowest BCUT2D eigenvalue weighted by Crippen LogP contribution is -2.02. The fourth-order valence-corrected chi connectivity index (χ4v) is 2.42. The molecule has 24 heavy (non-hydrogen) atoms. The SMILES string of the molecule is Cc1cc(Nc2cc(Cl)ccc2Cl)nc(Nc2ccc(F)cc2)n1. The first-order chi connectivity index (χ1) is 11.5. The average Bonchev–Trinajstić information content (AvgIpc) is 2.53. The molecule has 0 spiro atoms. The maximum absolute atomic E-state index is 13.0. The molecule has 0 bridgehead atoms. The minimum absolute atomic E-state index is 0.302. The van der Waals surface area contributed by atoms with Gasteiger partial charge in [-0.3, -0.25) is 0 Å². The van der Waals surface area contributed by atoms with Gasteiger partial charge >= 0.3 is 0 Å². The number of hydrogen-bond acceptors (Lipinski definition) is 4. The van der Waals surface area contributed by atoms with Gasteiger partial charge in [0.25, 0.3) is 0 Å². The fourth-order valence-electron chi connectivity index (χ4n) is 2.08. The number of benzene rings is 2. The zero-order valence-electron chi connectivity index (χ0n) is 12.6. The quantitative estimate of drug-likeness (QED) is 0.623. The summed E-state index contributed by atoms with van der Waals surface area (Å²) >= 11 is 12.1. The third-order valence-electron chi connectivity index (χ3n) is 3.15. The van der Waals surface area contributed by atoms with Crippen molar-refractivity contribution < 1.29 is 4.39 Å². The van der Waals surface area contributed by atoms with E-state index in [4.69, 9.17) is 23.2 Å². The van der Waals surface area contributed by atoms with Crippen molar-refractivity contribution in [1.82, 2.24) is 9.97 Å². The van der Waals surface area contributed by atoms with Crippen LogP contribution in [0.2, 0.25) is 10.0 Å². The highest BCUT2D eigenvalue weighted by Crippen LogP contribution is 2.28. The number of halogens is 3. The molecule has 1 heterocycles. The molecule has 7 heteroatoms. The van der Waals surface area contributed by atoms with Gasteiger partial charge in [0.05, 0.1) is 10.7 Å². The van der Waals surface area contributed by atoms with E-state index in [9.17, 15) is 4.39 Å². The van der Waals surface area contributed by atoms with E-state index >= 15 is 0 Å². The zero-order chi connectivity index (χ0) is 17.1. The minimum atomic E-state index is -0.302. The molecule has 3 rings (SSSR count). The molecule has 2 N–H and O–H groups in total. The first-order valence-electron chi connectivity index (χ1n) is 7.10. The van der Waals surface area contributed by atoms with Crippen molar-refractivity contribution in [3.05, 3.63) is 70.1 Å². The summed E-state index contributed by atoms with van der Waals surface area (Å²) in [6, 6.07) is 12.9. The Bertz CT molecular complexity index is 869. The van der Waals surface area contributed by atoms with Crippen molar-refractivity contribution >= 4 is 46.3 Å². The number of hydrogen-bond donors (Lipinski definition) is 2. The second kappa shape index (κ2) is 7.03. The fraction of sp³-hybridized carbons (Fsp3) is 0.0588. The van der Waals surface area contributed by atoms with E-state index in [1.165, 1.54) is 12.1 Å². The Labute approximate surface area is 148 Å². The van der Waals surface area contributed by atoms with Crippen molar-refractivity contribution in [2.75, 3.05) is 10.6 Å². The minimum Gasteiger partial charge on any atom is -0.339 e. The molecule has 4 nitrogen and oxygen atoms in total. The molecule has 0 aliphatic heterocycles. The highest BCUT2D eigenvalue weighted by Gasteiger charge is 2.06. The predicted octanol–water partition coefficient (Wildman–Crippen LogP) is 5.72. The van der Waals surface area contributed by atoms with E-state index < -0.39 is 0 Å². The van der Waals surface area contributed by atoms with Gasteiger partial charge in [0.1, 0.15) is 11.6 Å². The third-order valence-corrected chi connectivity index (χ3v) is 3.71. The molecule has 0 radical (unpaired) electrons. The largest absolute Gasteiger partial charge is 0.339 e. The van der Waals surface area contributed by atoms with Gasteiger partial charge in [-0.1, -0.05) is 23.2 Å². The van der Waals surface area contributed by atoms with Crippen LogP contribution in [0.4, 0.5) is 27.5 Å². The molecule has 0 aliphatic rings. The van der Waals surface area contributed by atoms with Crippen LogP contribution >= 0.6 is 23.2 Å². The lowest BCUT2D eigenvalue weighted by Gasteiger charge is -2.11. The summed E-state index contributed by atoms with van der Waals surface area (Å²) in [7, 11) is 0. The molecular weight excluding hydrogens is 350 g/mol. The summed E-state index contributed by atoms with van der Waals surface area (Å²) in [6.07, 6.45) is 0. The molecule has 0 unspecified atom stereocenters. The highest BCUT2D eigenvalue weighted by molar-refractivity contribution is 6.35. The van der Waals surface area contributed by atoms with E-state index in [2.05, 4.69) is 20.6 Å². The molecule has 2 aromatic carbocycles. The van der Waals surface area contributed by atoms with Crippen LogP contribution in [0.5, 0.6) is 0 Å². The van der Waals surface area contributed by atoms with E-state index in [1.807, 2.05) is 6.92 Å². The van der Waals surface area contributed by atoms with Crippen LogP contribution in [0.15, 0.2) is 48.5 Å². The van der Waals surface area contributed by atoms with Gasteiger partial charge in [-0.2, -0.15) is 4.98 Å². The average molecular weight is 363 g/mol. The molecule has 0 atom stereocenters. The van der Waals surface area contributed by atoms with E-state index in [-0.39, 0.29) is 5.82 Å². The maximum atomic E-state index is 13.0. The lowest BCUT2D eigenvalue weighted by molar-refractivity contribution is 0.628. The Balaban J connectivity index is 1.85. The van der Waals surface area contributed by atoms with Crippen molar-refractivity contribution in [2.24, 2.45) is 0 Å². The van der Waals surface area contributed by atoms with Crippen LogP contribution in [-0.2, 0) is 0 Å². The van der Waals surface area contributed by atoms with Gasteiger partial charge < -0.3 is 10.6 Å². The van der Waals surface area contributed by atoms with Gasteiger partial charge in [-0.25, -0.2) is 9.37 Å². The van der Waals surface area contributed by atoms with E-state index in [0.717, 1.165) is 5.69 Å². The Morgan fingerprint density at radius 3 is 2.42 bits per heavy atom. The van der Waals surface area contributed by atoms with Gasteiger partial charge in [-0.05, 0) is 49.4 Å². The zero-order valence-corrected chi connectivity index (χ0v) is 14.2. The molecule has 0 aliphatic carbocycles. The van der Waals surface area contributed by atoms with Gasteiger partial charge in [0, 0.05) is 22.5 Å². The van der Waals surface area contributed by atoms with E-state index in [0.29, 0.717) is 33.2 Å². The van der Waals surface area contributed by atoms with Crippen molar-refractivity contribution in [1.29, 1.82) is 0 Å². The van der Waals surface area contributed by atoms with Gasteiger partial charge in [0.2, 0.25) is 5.95 Å². The molecule has 122 valence electrons. The Hall–Kier alpha value is -2.37. The van der Waals surface area contributed by atoms with Gasteiger partial charge in [-0.15, -0.1) is 0 Å². The van der Waals surface area contributed by atoms with Crippen LogP contribution in [0, 0.1) is 12.7 Å². The second-order valence-electron chi connectivity index (χ2n) is 5.10. The monoisotopic (exact) mass is 362 g/mol. The predicted molar refractivity (Wildman–Crippen MR) is 96.2 cm³/mol. The van der Waals surface area contributed by atoms with Crippen LogP contribution in [0.25, 0.3) is 0 Å². The molecule has 0 fully saturated rings. The maximum Gasteiger partial charge on any atom is 0.229 e. The van der Waals surface area contributed by atoms with Crippen LogP contribution in [0.1, 0.15) is 5.69 Å². The summed E-state index contributed by atoms with van der Waals surface area (Å²) < 4.78 is 13.0. The normalized spacial score (nSPS) is 10.5. The molecule has 0 amide bonds. The van der Waals surface area contributed by atoms with E-state index in [1.54, 1.807) is 36.4 Å². The Kier molecular flexibility index (Phi) is 4.83. The highest BCUT2D eigenvalue weighted by atomic mass is 35.5. The number of rotatable bonds is 4. The summed E-state index contributed by atoms with van der Waals surface area (Å²) in [5.74, 6) is 0.655. The Morgan fingerprint density at radius 1 is 0.917 bits per heavy atom. The summed E-state index contributed by atoms with van der Waals surface area (Å²) in [5.41, 5.74) is 2.10. The molecule has 0 saturated heterocycles. The van der Waals surface area contributed by atoms with Crippen LogP contribution in [-0.4, -0.2) is 9.97 Å². The third kappa shape index (κ3) is 4.13. The smallest absolute Gasteiger partial charge is 0.229 e. The standard InChI is InChI=1S/C17H13Cl2FN4/c1-10-8-16(23-15-9-11(18)2-7-14(15)19)24-17(21-10)22-13-5-3-12(20)4-6-13/h2-9H,1H3,(H2,21,22,23,24). The summed E-state index contributed by atoms with van der Waals surface area (Å²) in [6.45, 7) is 1.85. The molecule has 3 aromatic rings. The number of aryl methyl sites for hydroxylation is 1. The number of nitrogens with zero attached hydrogens (tertiary/aromatic N) is 2. The Morgan fingerprint density at radius 2 is 1.67 bits per heavy atom. The second-order valence-corrected chi connectivity index (χ2v) is 5.94. The number of nitrogens with one attached hydrogen (secondary N) is 2. The molecule has 0 saturated carbocycles. The van der Waals surface area contributed by atoms with Crippen molar-refractivity contribution in [2.45, 2.75) is 6.92 Å².